The monoisotopic (exact) mass is 390 g/mol. The molecule has 1 aliphatic heterocycles. The zero-order valence-corrected chi connectivity index (χ0v) is 14.7. The number of carbonyl (C=O) groups is 1. The van der Waals surface area contributed by atoms with Crippen molar-refractivity contribution in [1.82, 2.24) is 0 Å². The van der Waals surface area contributed by atoms with Crippen molar-refractivity contribution in [2.45, 2.75) is 31.5 Å². The molecule has 0 saturated carbocycles. The Bertz CT molecular complexity index is 922. The maximum atomic E-state index is 12.8. The SMILES string of the molecule is N#Cc1cc(C(F)(F)F)ccc1Oc1cccc(N2CCCC2CC(=O)O)c1. The molecule has 1 atom stereocenters. The predicted molar refractivity (Wildman–Crippen MR) is 95.3 cm³/mol. The molecule has 28 heavy (non-hydrogen) atoms. The van der Waals surface area contributed by atoms with Crippen LogP contribution in [0.3, 0.4) is 0 Å². The Kier molecular flexibility index (Phi) is 5.45. The van der Waals surface area contributed by atoms with Crippen molar-refractivity contribution in [2.75, 3.05) is 11.4 Å². The zero-order chi connectivity index (χ0) is 20.3. The van der Waals surface area contributed by atoms with Crippen LogP contribution in [0.25, 0.3) is 0 Å². The van der Waals surface area contributed by atoms with E-state index >= 15 is 0 Å². The van der Waals surface area contributed by atoms with Gasteiger partial charge in [-0.1, -0.05) is 6.07 Å². The standard InChI is InChI=1S/C20H17F3N2O3/c21-20(22,23)14-6-7-18(13(9-14)12-24)28-17-5-1-3-15(10-17)25-8-2-4-16(25)11-19(26)27/h1,3,5-7,9-10,16H,2,4,8,11H2,(H,26,27). The lowest BCUT2D eigenvalue weighted by Crippen LogP contribution is -2.31. The Balaban J connectivity index is 1.84. The van der Waals surface area contributed by atoms with Gasteiger partial charge in [0.2, 0.25) is 0 Å². The molecule has 1 saturated heterocycles. The maximum absolute atomic E-state index is 12.8. The van der Waals surface area contributed by atoms with Gasteiger partial charge in [0.25, 0.3) is 0 Å². The fourth-order valence-corrected chi connectivity index (χ4v) is 3.32. The van der Waals surface area contributed by atoms with Crippen molar-refractivity contribution in [3.8, 4) is 17.6 Å². The Hall–Kier alpha value is -3.21. The third-order valence-corrected chi connectivity index (χ3v) is 4.59. The number of nitriles is 1. The van der Waals surface area contributed by atoms with Crippen LogP contribution in [0, 0.1) is 11.3 Å². The van der Waals surface area contributed by atoms with Gasteiger partial charge in [-0.2, -0.15) is 18.4 Å². The molecule has 1 aliphatic rings. The van der Waals surface area contributed by atoms with Gasteiger partial charge in [0.15, 0.2) is 0 Å². The highest BCUT2D eigenvalue weighted by Gasteiger charge is 2.31. The van der Waals surface area contributed by atoms with Crippen molar-refractivity contribution in [3.05, 3.63) is 53.6 Å². The van der Waals surface area contributed by atoms with Gasteiger partial charge in [-0.15, -0.1) is 0 Å². The predicted octanol–water partition coefficient (Wildman–Crippen LogP) is 4.81. The van der Waals surface area contributed by atoms with E-state index in [1.807, 2.05) is 11.0 Å². The highest BCUT2D eigenvalue weighted by molar-refractivity contribution is 5.69. The van der Waals surface area contributed by atoms with Crippen molar-refractivity contribution in [1.29, 1.82) is 5.26 Å². The first-order valence-corrected chi connectivity index (χ1v) is 8.65. The van der Waals surface area contributed by atoms with Gasteiger partial charge < -0.3 is 14.7 Å². The van der Waals surface area contributed by atoms with E-state index in [0.717, 1.165) is 36.7 Å². The second-order valence-electron chi connectivity index (χ2n) is 6.51. The maximum Gasteiger partial charge on any atom is 0.416 e. The minimum atomic E-state index is -4.54. The minimum absolute atomic E-state index is 0.0242. The third kappa shape index (κ3) is 4.36. The molecular formula is C20H17F3N2O3. The van der Waals surface area contributed by atoms with Gasteiger partial charge in [-0.05, 0) is 43.2 Å². The number of halogens is 3. The summed E-state index contributed by atoms with van der Waals surface area (Å²) in [7, 11) is 0. The second-order valence-corrected chi connectivity index (χ2v) is 6.51. The Labute approximate surface area is 159 Å². The highest BCUT2D eigenvalue weighted by atomic mass is 19.4. The second kappa shape index (κ2) is 7.80. The number of aliphatic carboxylic acids is 1. The Morgan fingerprint density at radius 1 is 1.29 bits per heavy atom. The quantitative estimate of drug-likeness (QED) is 0.793. The smallest absolute Gasteiger partial charge is 0.416 e. The summed E-state index contributed by atoms with van der Waals surface area (Å²) in [6, 6.07) is 11.2. The molecule has 0 radical (unpaired) electrons. The number of anilines is 1. The first-order valence-electron chi connectivity index (χ1n) is 8.65. The van der Waals surface area contributed by atoms with Crippen LogP contribution in [0.15, 0.2) is 42.5 Å². The van der Waals surface area contributed by atoms with Crippen LogP contribution in [-0.2, 0) is 11.0 Å². The Morgan fingerprint density at radius 3 is 2.75 bits per heavy atom. The molecule has 2 aromatic carbocycles. The van der Waals surface area contributed by atoms with E-state index in [9.17, 15) is 23.2 Å². The van der Waals surface area contributed by atoms with Crippen LogP contribution in [0.5, 0.6) is 11.5 Å². The van der Waals surface area contributed by atoms with Crippen LogP contribution < -0.4 is 9.64 Å². The van der Waals surface area contributed by atoms with Gasteiger partial charge in [0, 0.05) is 24.3 Å². The highest BCUT2D eigenvalue weighted by Crippen LogP contribution is 2.35. The van der Waals surface area contributed by atoms with Crippen LogP contribution >= 0.6 is 0 Å². The summed E-state index contributed by atoms with van der Waals surface area (Å²) in [5.74, 6) is -0.487. The third-order valence-electron chi connectivity index (χ3n) is 4.59. The molecule has 0 amide bonds. The summed E-state index contributed by atoms with van der Waals surface area (Å²) in [5.41, 5.74) is -0.365. The number of ether oxygens (including phenoxy) is 1. The zero-order valence-electron chi connectivity index (χ0n) is 14.7. The van der Waals surface area contributed by atoms with Crippen LogP contribution in [-0.4, -0.2) is 23.7 Å². The molecule has 2 aromatic rings. The number of alkyl halides is 3. The van der Waals surface area contributed by atoms with E-state index < -0.39 is 17.7 Å². The average Bonchev–Trinajstić information content (AvgIpc) is 3.08. The molecule has 0 aromatic heterocycles. The summed E-state index contributed by atoms with van der Waals surface area (Å²) in [6.07, 6.45) is -2.86. The summed E-state index contributed by atoms with van der Waals surface area (Å²) < 4.78 is 44.1. The van der Waals surface area contributed by atoms with E-state index in [0.29, 0.717) is 12.3 Å². The first kappa shape index (κ1) is 19.5. The number of hydrogen-bond donors (Lipinski definition) is 1. The molecule has 3 rings (SSSR count). The average molecular weight is 390 g/mol. The van der Waals surface area contributed by atoms with Crippen LogP contribution in [0.1, 0.15) is 30.4 Å². The fraction of sp³-hybridized carbons (Fsp3) is 0.300. The van der Waals surface area contributed by atoms with Gasteiger partial charge in [0.1, 0.15) is 17.6 Å². The van der Waals surface area contributed by atoms with Crippen LogP contribution in [0.4, 0.5) is 18.9 Å². The molecule has 0 aliphatic carbocycles. The molecule has 0 bridgehead atoms. The summed E-state index contributed by atoms with van der Waals surface area (Å²) in [4.78, 5) is 13.0. The molecule has 5 nitrogen and oxygen atoms in total. The van der Waals surface area contributed by atoms with Crippen molar-refractivity contribution in [2.24, 2.45) is 0 Å². The molecule has 146 valence electrons. The number of carboxylic acids is 1. The van der Waals surface area contributed by atoms with Crippen molar-refractivity contribution >= 4 is 11.7 Å². The van der Waals surface area contributed by atoms with E-state index in [4.69, 9.17) is 9.84 Å². The van der Waals surface area contributed by atoms with E-state index in [1.165, 1.54) is 0 Å². The topological polar surface area (TPSA) is 73.6 Å². The summed E-state index contributed by atoms with van der Waals surface area (Å²) in [6.45, 7) is 0.713. The number of rotatable bonds is 5. The molecule has 0 spiro atoms. The molecule has 1 fully saturated rings. The molecular weight excluding hydrogens is 373 g/mol. The fourth-order valence-electron chi connectivity index (χ4n) is 3.32. The lowest BCUT2D eigenvalue weighted by Gasteiger charge is -2.26. The molecule has 1 N–H and O–H groups in total. The number of nitrogens with zero attached hydrogens (tertiary/aromatic N) is 2. The van der Waals surface area contributed by atoms with Gasteiger partial charge in [0.05, 0.1) is 17.5 Å². The van der Waals surface area contributed by atoms with E-state index in [1.54, 1.807) is 24.3 Å². The van der Waals surface area contributed by atoms with Crippen molar-refractivity contribution in [3.63, 3.8) is 0 Å². The largest absolute Gasteiger partial charge is 0.481 e. The number of benzene rings is 2. The van der Waals surface area contributed by atoms with Gasteiger partial charge in [-0.3, -0.25) is 4.79 Å². The lowest BCUT2D eigenvalue weighted by atomic mass is 10.1. The van der Waals surface area contributed by atoms with Crippen molar-refractivity contribution < 1.29 is 27.8 Å². The first-order chi connectivity index (χ1) is 13.3. The Morgan fingerprint density at radius 2 is 2.07 bits per heavy atom. The number of carboxylic acid groups (broad SMARTS) is 1. The summed E-state index contributed by atoms with van der Waals surface area (Å²) >= 11 is 0. The normalized spacial score (nSPS) is 16.6. The molecule has 1 heterocycles. The van der Waals surface area contributed by atoms with E-state index in [-0.39, 0.29) is 23.8 Å². The summed E-state index contributed by atoms with van der Waals surface area (Å²) in [5, 5.41) is 18.2. The van der Waals surface area contributed by atoms with Gasteiger partial charge in [-0.25, -0.2) is 0 Å². The van der Waals surface area contributed by atoms with E-state index in [2.05, 4.69) is 0 Å². The molecule has 8 heteroatoms. The minimum Gasteiger partial charge on any atom is -0.481 e. The number of hydrogen-bond acceptors (Lipinski definition) is 4. The van der Waals surface area contributed by atoms with Gasteiger partial charge >= 0.3 is 12.1 Å². The molecule has 1 unspecified atom stereocenters. The lowest BCUT2D eigenvalue weighted by molar-refractivity contribution is -0.138. The van der Waals surface area contributed by atoms with Crippen LogP contribution in [0.2, 0.25) is 0 Å².